The highest BCUT2D eigenvalue weighted by Crippen LogP contribution is 2.29. The van der Waals surface area contributed by atoms with Gasteiger partial charge in [0.2, 0.25) is 10.0 Å². The van der Waals surface area contributed by atoms with Crippen molar-refractivity contribution in [1.29, 1.82) is 0 Å². The molecule has 136 valence electrons. The first kappa shape index (κ1) is 19.0. The molecule has 1 aromatic rings. The molecule has 1 heterocycles. The molecule has 2 rings (SSSR count). The Balaban J connectivity index is 2.16. The number of nitrogens with zero attached hydrogens (tertiary/aromatic N) is 2. The van der Waals surface area contributed by atoms with E-state index < -0.39 is 34.9 Å². The van der Waals surface area contributed by atoms with Crippen LogP contribution < -0.4 is 4.31 Å². The van der Waals surface area contributed by atoms with Gasteiger partial charge in [-0.3, -0.25) is 9.21 Å². The monoisotopic (exact) mass is 366 g/mol. The zero-order chi connectivity index (χ0) is 18.1. The summed E-state index contributed by atoms with van der Waals surface area (Å²) in [7, 11) is -1.83. The van der Waals surface area contributed by atoms with Crippen LogP contribution in [0, 0.1) is 0 Å². The van der Waals surface area contributed by atoms with Gasteiger partial charge in [0.15, 0.2) is 6.10 Å². The lowest BCUT2D eigenvalue weighted by Gasteiger charge is -2.29. The number of rotatable bonds is 5. The molecule has 1 saturated heterocycles. The number of benzene rings is 1. The molecule has 24 heavy (non-hydrogen) atoms. The van der Waals surface area contributed by atoms with Gasteiger partial charge in [0.25, 0.3) is 0 Å². The molecule has 0 radical (unpaired) electrons. The van der Waals surface area contributed by atoms with Gasteiger partial charge in [-0.15, -0.1) is 0 Å². The van der Waals surface area contributed by atoms with Crippen molar-refractivity contribution in [3.63, 3.8) is 0 Å². The molecule has 1 aliphatic heterocycles. The smallest absolute Gasteiger partial charge is 0.382 e. The first-order valence-electron chi connectivity index (χ1n) is 7.58. The summed E-state index contributed by atoms with van der Waals surface area (Å²) in [6.45, 7) is 1.56. The van der Waals surface area contributed by atoms with E-state index in [9.17, 15) is 26.7 Å². The lowest BCUT2D eigenvalue weighted by Crippen LogP contribution is -2.40. The highest BCUT2D eigenvalue weighted by Gasteiger charge is 2.39. The van der Waals surface area contributed by atoms with Crippen molar-refractivity contribution >= 4 is 15.7 Å². The maximum absolute atomic E-state index is 12.5. The van der Waals surface area contributed by atoms with E-state index in [0.717, 1.165) is 0 Å². The average Bonchev–Trinajstić information content (AvgIpc) is 2.85. The SMILES string of the molecule is CC(c1cccc(N2CCCS2(=O)=O)c1)N(C)CC(O)C(F)(F)F. The van der Waals surface area contributed by atoms with Crippen LogP contribution in [-0.2, 0) is 10.0 Å². The minimum atomic E-state index is -4.67. The molecule has 2 unspecified atom stereocenters. The number of sulfonamides is 1. The van der Waals surface area contributed by atoms with Crippen LogP contribution in [0.5, 0.6) is 0 Å². The van der Waals surface area contributed by atoms with Gasteiger partial charge in [-0.2, -0.15) is 13.2 Å². The molecule has 0 bridgehead atoms. The number of likely N-dealkylation sites (N-methyl/N-ethyl adjacent to an activating group) is 1. The highest BCUT2D eigenvalue weighted by atomic mass is 32.2. The molecule has 9 heteroatoms. The second kappa shape index (κ2) is 6.89. The largest absolute Gasteiger partial charge is 0.415 e. The van der Waals surface area contributed by atoms with Gasteiger partial charge in [0.1, 0.15) is 0 Å². The molecule has 0 aliphatic carbocycles. The molecule has 0 aromatic heterocycles. The van der Waals surface area contributed by atoms with Crippen LogP contribution in [0.1, 0.15) is 24.9 Å². The Hall–Kier alpha value is -1.32. The van der Waals surface area contributed by atoms with Crippen molar-refractivity contribution in [1.82, 2.24) is 4.90 Å². The van der Waals surface area contributed by atoms with E-state index in [1.807, 2.05) is 0 Å². The molecule has 0 spiro atoms. The van der Waals surface area contributed by atoms with Crippen molar-refractivity contribution in [2.75, 3.05) is 30.2 Å². The quantitative estimate of drug-likeness (QED) is 0.867. The lowest BCUT2D eigenvalue weighted by molar-refractivity contribution is -0.208. The Morgan fingerprint density at radius 1 is 1.38 bits per heavy atom. The zero-order valence-corrected chi connectivity index (χ0v) is 14.3. The summed E-state index contributed by atoms with van der Waals surface area (Å²) in [5, 5.41) is 9.19. The fraction of sp³-hybridized carbons (Fsp3) is 0.600. The molecule has 0 saturated carbocycles. The van der Waals surface area contributed by atoms with Crippen molar-refractivity contribution in [3.05, 3.63) is 29.8 Å². The number of aliphatic hydroxyl groups is 1. The van der Waals surface area contributed by atoms with E-state index in [0.29, 0.717) is 24.2 Å². The van der Waals surface area contributed by atoms with E-state index in [-0.39, 0.29) is 5.75 Å². The van der Waals surface area contributed by atoms with Gasteiger partial charge in [0, 0.05) is 19.1 Å². The lowest BCUT2D eigenvalue weighted by atomic mass is 10.1. The first-order chi connectivity index (χ1) is 11.0. The van der Waals surface area contributed by atoms with E-state index >= 15 is 0 Å². The minimum absolute atomic E-state index is 0.102. The molecular weight excluding hydrogens is 345 g/mol. The molecule has 5 nitrogen and oxygen atoms in total. The van der Waals surface area contributed by atoms with Crippen LogP contribution in [-0.4, -0.2) is 56.6 Å². The standard InChI is InChI=1S/C15H21F3N2O3S/c1-11(19(2)10-14(21)15(16,17)18)12-5-3-6-13(9-12)20-7-4-8-24(20,22)23/h3,5-6,9,11,14,21H,4,7-8,10H2,1-2H3. The predicted octanol–water partition coefficient (Wildman–Crippen LogP) is 2.14. The van der Waals surface area contributed by atoms with Crippen molar-refractivity contribution in [2.45, 2.75) is 31.7 Å². The normalized spacial score (nSPS) is 20.4. The number of hydrogen-bond acceptors (Lipinski definition) is 4. The Labute approximate surface area is 139 Å². The van der Waals surface area contributed by atoms with Crippen LogP contribution >= 0.6 is 0 Å². The molecule has 1 aliphatic rings. The topological polar surface area (TPSA) is 60.9 Å². The molecular formula is C15H21F3N2O3S. The molecule has 2 atom stereocenters. The average molecular weight is 366 g/mol. The fourth-order valence-electron chi connectivity index (χ4n) is 2.66. The second-order valence-electron chi connectivity index (χ2n) is 6.01. The number of anilines is 1. The summed E-state index contributed by atoms with van der Waals surface area (Å²) in [5.74, 6) is 0.102. The summed E-state index contributed by atoms with van der Waals surface area (Å²) in [4.78, 5) is 1.38. The number of halogens is 3. The number of hydrogen-bond donors (Lipinski definition) is 1. The van der Waals surface area contributed by atoms with Crippen LogP contribution in [0.3, 0.4) is 0 Å². The molecule has 0 amide bonds. The van der Waals surface area contributed by atoms with Crippen LogP contribution in [0.4, 0.5) is 18.9 Å². The van der Waals surface area contributed by atoms with E-state index in [1.54, 1.807) is 31.2 Å². The highest BCUT2D eigenvalue weighted by molar-refractivity contribution is 7.93. The van der Waals surface area contributed by atoms with Crippen LogP contribution in [0.25, 0.3) is 0 Å². The number of aliphatic hydroxyl groups excluding tert-OH is 1. The van der Waals surface area contributed by atoms with Gasteiger partial charge >= 0.3 is 6.18 Å². The summed E-state index contributed by atoms with van der Waals surface area (Å²) in [6.07, 6.45) is -6.54. The fourth-order valence-corrected chi connectivity index (χ4v) is 4.21. The van der Waals surface area contributed by atoms with Gasteiger partial charge < -0.3 is 5.11 Å². The Morgan fingerprint density at radius 3 is 2.58 bits per heavy atom. The summed E-state index contributed by atoms with van der Waals surface area (Å²) in [5.41, 5.74) is 1.20. The van der Waals surface area contributed by atoms with Crippen molar-refractivity contribution < 1.29 is 26.7 Å². The van der Waals surface area contributed by atoms with Gasteiger partial charge in [-0.05, 0) is 38.1 Å². The Morgan fingerprint density at radius 2 is 2.04 bits per heavy atom. The maximum Gasteiger partial charge on any atom is 0.415 e. The molecule has 1 aromatic carbocycles. The van der Waals surface area contributed by atoms with Crippen molar-refractivity contribution in [2.24, 2.45) is 0 Å². The summed E-state index contributed by atoms with van der Waals surface area (Å²) >= 11 is 0. The van der Waals surface area contributed by atoms with E-state index in [4.69, 9.17) is 0 Å². The first-order valence-corrected chi connectivity index (χ1v) is 9.18. The van der Waals surface area contributed by atoms with Gasteiger partial charge in [-0.25, -0.2) is 8.42 Å². The maximum atomic E-state index is 12.5. The minimum Gasteiger partial charge on any atom is -0.382 e. The van der Waals surface area contributed by atoms with Gasteiger partial charge in [-0.1, -0.05) is 12.1 Å². The Kier molecular flexibility index (Phi) is 5.46. The second-order valence-corrected chi connectivity index (χ2v) is 8.02. The predicted molar refractivity (Wildman–Crippen MR) is 85.3 cm³/mol. The number of alkyl halides is 3. The van der Waals surface area contributed by atoms with Crippen LogP contribution in [0.2, 0.25) is 0 Å². The zero-order valence-electron chi connectivity index (χ0n) is 13.5. The molecule has 1 fully saturated rings. The third-order valence-electron chi connectivity index (χ3n) is 4.24. The summed E-state index contributed by atoms with van der Waals surface area (Å²) in [6, 6.07) is 6.34. The third-order valence-corrected chi connectivity index (χ3v) is 6.11. The van der Waals surface area contributed by atoms with Crippen LogP contribution in [0.15, 0.2) is 24.3 Å². The van der Waals surface area contributed by atoms with Crippen molar-refractivity contribution in [3.8, 4) is 0 Å². The Bertz CT molecular complexity index is 679. The molecule has 1 N–H and O–H groups in total. The van der Waals surface area contributed by atoms with E-state index in [1.165, 1.54) is 16.3 Å². The summed E-state index contributed by atoms with van der Waals surface area (Å²) < 4.78 is 62.7. The van der Waals surface area contributed by atoms with E-state index in [2.05, 4.69) is 0 Å². The third kappa shape index (κ3) is 4.20. The van der Waals surface area contributed by atoms with Gasteiger partial charge in [0.05, 0.1) is 11.4 Å².